The van der Waals surface area contributed by atoms with E-state index < -0.39 is 0 Å². The van der Waals surface area contributed by atoms with Crippen molar-refractivity contribution in [2.75, 3.05) is 13.2 Å². The Balaban J connectivity index is 1.51. The fourth-order valence-corrected chi connectivity index (χ4v) is 7.76. The number of hydrogen-bond acceptors (Lipinski definition) is 3. The van der Waals surface area contributed by atoms with Crippen molar-refractivity contribution >= 4 is 0 Å². The molecule has 1 saturated heterocycles. The lowest BCUT2D eigenvalue weighted by molar-refractivity contribution is -0.186. The Morgan fingerprint density at radius 1 is 0.960 bits per heavy atom. The molecule has 0 bridgehead atoms. The van der Waals surface area contributed by atoms with Gasteiger partial charge in [-0.3, -0.25) is 0 Å². The Morgan fingerprint density at radius 2 is 1.72 bits per heavy atom. The van der Waals surface area contributed by atoms with Gasteiger partial charge in [0.05, 0.1) is 19.3 Å². The minimum absolute atomic E-state index is 0.0770. The van der Waals surface area contributed by atoms with Gasteiger partial charge in [0.15, 0.2) is 5.79 Å². The lowest BCUT2D eigenvalue weighted by atomic mass is 9.46. The highest BCUT2D eigenvalue weighted by atomic mass is 16.7. The SMILES string of the molecule is CC1=C2CC3(CC[C@]2(C)[C@H]2CC[C@]4(C)C(O)CC[C@H]4[C@@H]2C1)OCCO3. The Labute approximate surface area is 152 Å². The van der Waals surface area contributed by atoms with Gasteiger partial charge in [-0.1, -0.05) is 25.0 Å². The molecule has 5 aliphatic rings. The third kappa shape index (κ3) is 2.15. The van der Waals surface area contributed by atoms with Crippen LogP contribution < -0.4 is 0 Å². The molecule has 6 atom stereocenters. The van der Waals surface area contributed by atoms with Crippen molar-refractivity contribution in [2.45, 2.75) is 84.0 Å². The third-order valence-corrected chi connectivity index (χ3v) is 9.24. The second-order valence-corrected chi connectivity index (χ2v) is 10.2. The summed E-state index contributed by atoms with van der Waals surface area (Å²) in [5.41, 5.74) is 3.75. The maximum Gasteiger partial charge on any atom is 0.172 e. The summed E-state index contributed by atoms with van der Waals surface area (Å²) in [6, 6.07) is 0. The van der Waals surface area contributed by atoms with Gasteiger partial charge in [-0.2, -0.15) is 0 Å². The number of aliphatic hydroxyl groups excluding tert-OH is 1. The minimum Gasteiger partial charge on any atom is -0.393 e. The van der Waals surface area contributed by atoms with E-state index in [0.29, 0.717) is 11.3 Å². The van der Waals surface area contributed by atoms with E-state index in [1.54, 1.807) is 11.1 Å². The van der Waals surface area contributed by atoms with E-state index in [1.165, 1.54) is 32.1 Å². The van der Waals surface area contributed by atoms with Gasteiger partial charge in [0.2, 0.25) is 0 Å². The van der Waals surface area contributed by atoms with E-state index in [2.05, 4.69) is 20.8 Å². The lowest BCUT2D eigenvalue weighted by Crippen LogP contribution is -2.53. The molecule has 1 N–H and O–H groups in total. The average Bonchev–Trinajstić information content (AvgIpc) is 3.15. The number of allylic oxidation sites excluding steroid dienone is 1. The van der Waals surface area contributed by atoms with Crippen LogP contribution in [0, 0.1) is 28.6 Å². The smallest absolute Gasteiger partial charge is 0.172 e. The fraction of sp³-hybridized carbons (Fsp3) is 0.909. The van der Waals surface area contributed by atoms with Gasteiger partial charge in [0.1, 0.15) is 0 Å². The lowest BCUT2D eigenvalue weighted by Gasteiger charge is -2.59. The summed E-state index contributed by atoms with van der Waals surface area (Å²) in [7, 11) is 0. The van der Waals surface area contributed by atoms with Crippen LogP contribution in [0.1, 0.15) is 72.1 Å². The van der Waals surface area contributed by atoms with Gasteiger partial charge in [0, 0.05) is 12.8 Å². The molecule has 1 unspecified atom stereocenters. The van der Waals surface area contributed by atoms with Crippen molar-refractivity contribution in [1.29, 1.82) is 0 Å². The molecule has 5 rings (SSSR count). The molecule has 1 heterocycles. The maximum absolute atomic E-state index is 10.6. The van der Waals surface area contributed by atoms with Crippen LogP contribution in [0.2, 0.25) is 0 Å². The van der Waals surface area contributed by atoms with Crippen LogP contribution >= 0.6 is 0 Å². The molecule has 3 saturated carbocycles. The van der Waals surface area contributed by atoms with Crippen molar-refractivity contribution in [1.82, 2.24) is 0 Å². The molecule has 1 spiro atoms. The highest BCUT2D eigenvalue weighted by molar-refractivity contribution is 5.31. The van der Waals surface area contributed by atoms with Crippen molar-refractivity contribution in [3.63, 3.8) is 0 Å². The molecular weight excluding hydrogens is 312 g/mol. The van der Waals surface area contributed by atoms with Crippen LogP contribution in [-0.4, -0.2) is 30.2 Å². The minimum atomic E-state index is -0.310. The maximum atomic E-state index is 10.6. The number of ether oxygens (including phenoxy) is 2. The normalized spacial score (nSPS) is 51.4. The quantitative estimate of drug-likeness (QED) is 0.659. The van der Waals surface area contributed by atoms with Crippen molar-refractivity contribution in [3.8, 4) is 0 Å². The van der Waals surface area contributed by atoms with E-state index in [9.17, 15) is 5.11 Å². The molecular formula is C22H34O3. The molecule has 0 aromatic carbocycles. The number of hydrogen-bond donors (Lipinski definition) is 1. The zero-order chi connectivity index (χ0) is 17.4. The summed E-state index contributed by atoms with van der Waals surface area (Å²) in [6.07, 6.45) is 9.14. The fourth-order valence-electron chi connectivity index (χ4n) is 7.76. The van der Waals surface area contributed by atoms with Crippen molar-refractivity contribution < 1.29 is 14.6 Å². The first-order chi connectivity index (χ1) is 11.9. The van der Waals surface area contributed by atoms with Crippen LogP contribution in [0.25, 0.3) is 0 Å². The summed E-state index contributed by atoms with van der Waals surface area (Å²) in [5.74, 6) is 1.96. The average molecular weight is 347 g/mol. The zero-order valence-electron chi connectivity index (χ0n) is 16.1. The molecule has 3 heteroatoms. The van der Waals surface area contributed by atoms with Gasteiger partial charge in [-0.25, -0.2) is 0 Å². The van der Waals surface area contributed by atoms with Gasteiger partial charge in [-0.15, -0.1) is 0 Å². The van der Waals surface area contributed by atoms with Gasteiger partial charge in [0.25, 0.3) is 0 Å². The first-order valence-corrected chi connectivity index (χ1v) is 10.5. The predicted molar refractivity (Wildman–Crippen MR) is 97.0 cm³/mol. The Kier molecular flexibility index (Phi) is 3.57. The first kappa shape index (κ1) is 16.8. The topological polar surface area (TPSA) is 38.7 Å². The largest absolute Gasteiger partial charge is 0.393 e. The Bertz CT molecular complexity index is 604. The molecule has 4 fully saturated rings. The van der Waals surface area contributed by atoms with E-state index in [1.807, 2.05) is 0 Å². The number of aliphatic hydroxyl groups is 1. The van der Waals surface area contributed by atoms with Gasteiger partial charge in [-0.05, 0) is 74.0 Å². The number of rotatable bonds is 0. The van der Waals surface area contributed by atoms with Crippen LogP contribution in [0.4, 0.5) is 0 Å². The molecule has 0 aromatic rings. The summed E-state index contributed by atoms with van der Waals surface area (Å²) in [6.45, 7) is 8.80. The van der Waals surface area contributed by atoms with Gasteiger partial charge >= 0.3 is 0 Å². The van der Waals surface area contributed by atoms with Crippen LogP contribution in [0.3, 0.4) is 0 Å². The summed E-state index contributed by atoms with van der Waals surface area (Å²) in [5, 5.41) is 10.6. The van der Waals surface area contributed by atoms with Crippen molar-refractivity contribution in [2.24, 2.45) is 28.6 Å². The molecule has 3 nitrogen and oxygen atoms in total. The zero-order valence-corrected chi connectivity index (χ0v) is 16.1. The van der Waals surface area contributed by atoms with E-state index in [4.69, 9.17) is 9.47 Å². The second-order valence-electron chi connectivity index (χ2n) is 10.2. The van der Waals surface area contributed by atoms with Crippen molar-refractivity contribution in [3.05, 3.63) is 11.1 Å². The standard InChI is InChI=1S/C22H34O3/c1-14-12-15-16-4-5-19(23)21(16,3)7-6-17(15)20(2)8-9-22(13-18(14)20)24-10-11-25-22/h15-17,19,23H,4-13H2,1-3H3/t15-,16-,17-,19?,20+,21-/m0/s1. The van der Waals surface area contributed by atoms with Crippen LogP contribution in [0.5, 0.6) is 0 Å². The van der Waals surface area contributed by atoms with Crippen LogP contribution in [0.15, 0.2) is 11.1 Å². The summed E-state index contributed by atoms with van der Waals surface area (Å²) in [4.78, 5) is 0. The molecule has 1 aliphatic heterocycles. The highest BCUT2D eigenvalue weighted by Crippen LogP contribution is 2.66. The molecule has 140 valence electrons. The highest BCUT2D eigenvalue weighted by Gasteiger charge is 2.60. The summed E-state index contributed by atoms with van der Waals surface area (Å²) < 4.78 is 12.1. The molecule has 0 aromatic heterocycles. The first-order valence-electron chi connectivity index (χ1n) is 10.5. The van der Waals surface area contributed by atoms with E-state index >= 15 is 0 Å². The Hall–Kier alpha value is -0.380. The second kappa shape index (κ2) is 5.33. The molecule has 0 amide bonds. The molecule has 4 aliphatic carbocycles. The molecule has 0 radical (unpaired) electrons. The Morgan fingerprint density at radius 3 is 2.48 bits per heavy atom. The third-order valence-electron chi connectivity index (χ3n) is 9.24. The van der Waals surface area contributed by atoms with Crippen LogP contribution in [-0.2, 0) is 9.47 Å². The van der Waals surface area contributed by atoms with E-state index in [-0.39, 0.29) is 17.3 Å². The predicted octanol–water partition coefficient (Wildman–Crippen LogP) is 4.44. The summed E-state index contributed by atoms with van der Waals surface area (Å²) >= 11 is 0. The van der Waals surface area contributed by atoms with E-state index in [0.717, 1.165) is 44.3 Å². The monoisotopic (exact) mass is 346 g/mol. The van der Waals surface area contributed by atoms with Gasteiger partial charge < -0.3 is 14.6 Å². The number of fused-ring (bicyclic) bond motifs is 5. The molecule has 25 heavy (non-hydrogen) atoms.